The number of esters is 2. The second-order valence-corrected chi connectivity index (χ2v) is 7.59. The van der Waals surface area contributed by atoms with E-state index in [4.69, 9.17) is 14.2 Å². The fourth-order valence-electron chi connectivity index (χ4n) is 5.08. The molecule has 0 spiro atoms. The van der Waals surface area contributed by atoms with Crippen molar-refractivity contribution in [1.82, 2.24) is 0 Å². The molecule has 0 saturated heterocycles. The van der Waals surface area contributed by atoms with Crippen LogP contribution in [0.5, 0.6) is 0 Å². The molecule has 0 radical (unpaired) electrons. The van der Waals surface area contributed by atoms with Crippen molar-refractivity contribution < 1.29 is 23.8 Å². The van der Waals surface area contributed by atoms with Crippen LogP contribution in [0.3, 0.4) is 0 Å². The number of carbonyl (C=O) groups is 2. The number of ether oxygens (including phenoxy) is 3. The van der Waals surface area contributed by atoms with Gasteiger partial charge in [-0.3, -0.25) is 0 Å². The van der Waals surface area contributed by atoms with Gasteiger partial charge in [0.2, 0.25) is 0 Å². The molecule has 2 unspecified atom stereocenters. The minimum absolute atomic E-state index is 0.0161. The summed E-state index contributed by atoms with van der Waals surface area (Å²) in [7, 11) is 0. The van der Waals surface area contributed by atoms with Crippen molar-refractivity contribution in [1.29, 1.82) is 0 Å². The van der Waals surface area contributed by atoms with E-state index in [2.05, 4.69) is 6.58 Å². The number of hydrogen-bond acceptors (Lipinski definition) is 5. The van der Waals surface area contributed by atoms with Gasteiger partial charge in [-0.1, -0.05) is 6.58 Å². The molecule has 0 aromatic carbocycles. The molecule has 4 fully saturated rings. The average Bonchev–Trinajstić information content (AvgIpc) is 2.43. The lowest BCUT2D eigenvalue weighted by molar-refractivity contribution is -0.233. The van der Waals surface area contributed by atoms with Gasteiger partial charge in [0.25, 0.3) is 0 Å². The monoisotopic (exact) mass is 322 g/mol. The molecule has 0 aliphatic heterocycles. The summed E-state index contributed by atoms with van der Waals surface area (Å²) in [6.45, 7) is 7.49. The molecule has 4 bridgehead atoms. The maximum absolute atomic E-state index is 12.0. The minimum Gasteiger partial charge on any atom is -0.464 e. The normalized spacial score (nSPS) is 37.5. The zero-order chi connectivity index (χ0) is 16.7. The summed E-state index contributed by atoms with van der Waals surface area (Å²) in [6, 6.07) is 0. The van der Waals surface area contributed by atoms with E-state index in [1.165, 1.54) is 6.42 Å². The Labute approximate surface area is 137 Å². The maximum atomic E-state index is 12.0. The summed E-state index contributed by atoms with van der Waals surface area (Å²) in [5.41, 5.74) is -0.344. The molecule has 5 heteroatoms. The molecule has 23 heavy (non-hydrogen) atoms. The number of carbonyl (C=O) groups excluding carboxylic acids is 2. The van der Waals surface area contributed by atoms with Crippen LogP contribution in [-0.2, 0) is 23.8 Å². The third kappa shape index (κ3) is 3.30. The molecule has 5 nitrogen and oxygen atoms in total. The first-order valence-corrected chi connectivity index (χ1v) is 8.54. The van der Waals surface area contributed by atoms with Crippen molar-refractivity contribution in [3.05, 3.63) is 12.2 Å². The van der Waals surface area contributed by atoms with Crippen molar-refractivity contribution in [3.63, 3.8) is 0 Å². The summed E-state index contributed by atoms with van der Waals surface area (Å²) in [6.07, 6.45) is 5.59. The minimum atomic E-state index is -0.436. The Kier molecular flexibility index (Phi) is 4.25. The van der Waals surface area contributed by atoms with Crippen LogP contribution in [0.1, 0.15) is 52.4 Å². The zero-order valence-corrected chi connectivity index (χ0v) is 14.1. The average molecular weight is 322 g/mol. The highest BCUT2D eigenvalue weighted by Crippen LogP contribution is 2.60. The fraction of sp³-hybridized carbons (Fsp3) is 0.778. The van der Waals surface area contributed by atoms with E-state index >= 15 is 0 Å². The summed E-state index contributed by atoms with van der Waals surface area (Å²) >= 11 is 0. The third-order valence-corrected chi connectivity index (χ3v) is 5.41. The van der Waals surface area contributed by atoms with Crippen LogP contribution in [-0.4, -0.2) is 36.4 Å². The molecule has 4 rings (SSSR count). The lowest BCUT2D eigenvalue weighted by Gasteiger charge is -2.60. The molecule has 4 aliphatic carbocycles. The van der Waals surface area contributed by atoms with Crippen LogP contribution in [0.2, 0.25) is 0 Å². The molecule has 4 aliphatic rings. The van der Waals surface area contributed by atoms with Crippen molar-refractivity contribution in [3.8, 4) is 0 Å². The van der Waals surface area contributed by atoms with E-state index in [-0.39, 0.29) is 24.1 Å². The smallest absolute Gasteiger partial charge is 0.333 e. The van der Waals surface area contributed by atoms with E-state index < -0.39 is 5.60 Å². The van der Waals surface area contributed by atoms with Crippen LogP contribution < -0.4 is 0 Å². The summed E-state index contributed by atoms with van der Waals surface area (Å²) < 4.78 is 16.9. The quantitative estimate of drug-likeness (QED) is 0.556. The van der Waals surface area contributed by atoms with Gasteiger partial charge in [0.05, 0.1) is 12.2 Å². The Bertz CT molecular complexity index is 510. The molecular weight excluding hydrogens is 296 g/mol. The van der Waals surface area contributed by atoms with Gasteiger partial charge in [-0.25, -0.2) is 9.59 Å². The first-order valence-electron chi connectivity index (χ1n) is 8.54. The maximum Gasteiger partial charge on any atom is 0.333 e. The van der Waals surface area contributed by atoms with Crippen molar-refractivity contribution >= 4 is 11.9 Å². The van der Waals surface area contributed by atoms with Crippen LogP contribution in [0.15, 0.2) is 12.2 Å². The summed E-state index contributed by atoms with van der Waals surface area (Å²) in [5, 5.41) is 0. The van der Waals surface area contributed by atoms with E-state index in [0.29, 0.717) is 30.4 Å². The third-order valence-electron chi connectivity index (χ3n) is 5.41. The molecule has 0 heterocycles. The van der Waals surface area contributed by atoms with Gasteiger partial charge in [0.1, 0.15) is 12.2 Å². The second-order valence-electron chi connectivity index (χ2n) is 7.59. The van der Waals surface area contributed by atoms with Gasteiger partial charge in [-0.05, 0) is 57.8 Å². The van der Waals surface area contributed by atoms with E-state index in [9.17, 15) is 9.59 Å². The van der Waals surface area contributed by atoms with Gasteiger partial charge < -0.3 is 14.2 Å². The fourth-order valence-corrected chi connectivity index (χ4v) is 5.08. The molecule has 0 N–H and O–H groups in total. The van der Waals surface area contributed by atoms with Gasteiger partial charge >= 0.3 is 11.9 Å². The highest BCUT2D eigenvalue weighted by Gasteiger charge is 2.60. The number of rotatable bonds is 6. The van der Waals surface area contributed by atoms with Gasteiger partial charge in [0, 0.05) is 12.0 Å². The largest absolute Gasteiger partial charge is 0.464 e. The predicted molar refractivity (Wildman–Crippen MR) is 83.6 cm³/mol. The number of hydrogen-bond donors (Lipinski definition) is 0. The Balaban J connectivity index is 1.72. The van der Waals surface area contributed by atoms with Gasteiger partial charge in [-0.2, -0.15) is 0 Å². The van der Waals surface area contributed by atoms with Crippen LogP contribution >= 0.6 is 0 Å². The van der Waals surface area contributed by atoms with Crippen LogP contribution in [0, 0.1) is 11.8 Å². The van der Waals surface area contributed by atoms with E-state index in [1.54, 1.807) is 13.8 Å². The van der Waals surface area contributed by atoms with Crippen molar-refractivity contribution in [2.75, 3.05) is 13.2 Å². The van der Waals surface area contributed by atoms with Crippen LogP contribution in [0.4, 0.5) is 0 Å². The first-order chi connectivity index (χ1) is 10.9. The Morgan fingerprint density at radius 1 is 1.13 bits per heavy atom. The highest BCUT2D eigenvalue weighted by atomic mass is 16.6. The zero-order valence-electron chi connectivity index (χ0n) is 14.1. The van der Waals surface area contributed by atoms with Crippen molar-refractivity contribution in [2.24, 2.45) is 11.8 Å². The molecule has 0 aromatic rings. The Hall–Kier alpha value is -1.36. The lowest BCUT2D eigenvalue weighted by atomic mass is 9.52. The van der Waals surface area contributed by atoms with Crippen molar-refractivity contribution in [2.45, 2.75) is 63.6 Å². The Morgan fingerprint density at radius 2 is 1.74 bits per heavy atom. The Morgan fingerprint density at radius 3 is 2.30 bits per heavy atom. The highest BCUT2D eigenvalue weighted by molar-refractivity contribution is 5.87. The molecule has 0 amide bonds. The van der Waals surface area contributed by atoms with E-state index in [0.717, 1.165) is 25.7 Å². The van der Waals surface area contributed by atoms with Gasteiger partial charge in [0.15, 0.2) is 0 Å². The topological polar surface area (TPSA) is 61.8 Å². The lowest BCUT2D eigenvalue weighted by Crippen LogP contribution is -2.61. The SMILES string of the molecule is C=C(C)C(=O)OC12CC3CC(CC(OCC(=O)OCC)(C3)C1)C2. The molecule has 4 saturated carbocycles. The van der Waals surface area contributed by atoms with Crippen LogP contribution in [0.25, 0.3) is 0 Å². The first kappa shape index (κ1) is 16.5. The molecule has 2 atom stereocenters. The summed E-state index contributed by atoms with van der Waals surface area (Å²) in [4.78, 5) is 23.7. The summed E-state index contributed by atoms with van der Waals surface area (Å²) in [5.74, 6) is 0.386. The van der Waals surface area contributed by atoms with Gasteiger partial charge in [-0.15, -0.1) is 0 Å². The standard InChI is InChI=1S/C18H26O5/c1-4-21-15(19)10-22-17-6-13-5-14(7-17)9-18(8-13,11-17)23-16(20)12(2)3/h13-14H,2,4-11H2,1,3H3. The molecule has 128 valence electrons. The molecule has 0 aromatic heterocycles. The molecular formula is C18H26O5. The van der Waals surface area contributed by atoms with E-state index in [1.807, 2.05) is 0 Å². The predicted octanol–water partition coefficient (Wildman–Crippen LogP) is 2.78. The second kappa shape index (κ2) is 5.93.